The molecule has 3 rings (SSSR count). The first-order valence-corrected chi connectivity index (χ1v) is 8.77. The molecule has 2 nitrogen and oxygen atoms in total. The minimum Gasteiger partial charge on any atom is -0.374 e. The second-order valence-electron chi connectivity index (χ2n) is 6.28. The van der Waals surface area contributed by atoms with E-state index in [1.807, 2.05) is 12.4 Å². The van der Waals surface area contributed by atoms with Gasteiger partial charge in [-0.3, -0.25) is 4.98 Å². The molecule has 1 aliphatic heterocycles. The summed E-state index contributed by atoms with van der Waals surface area (Å²) in [6.45, 7) is 2.22. The second kappa shape index (κ2) is 8.52. The maximum absolute atomic E-state index is 4.06. The quantitative estimate of drug-likeness (QED) is 0.530. The summed E-state index contributed by atoms with van der Waals surface area (Å²) in [6.07, 6.45) is 24.7. The Morgan fingerprint density at radius 3 is 2.65 bits per heavy atom. The van der Waals surface area contributed by atoms with Crippen LogP contribution in [0.3, 0.4) is 0 Å². The first-order chi connectivity index (χ1) is 11.4. The lowest BCUT2D eigenvalue weighted by Gasteiger charge is -2.23. The molecule has 0 fully saturated rings. The van der Waals surface area contributed by atoms with Crippen LogP contribution in [0, 0.1) is 0 Å². The monoisotopic (exact) mass is 306 g/mol. The molecule has 23 heavy (non-hydrogen) atoms. The third kappa shape index (κ3) is 4.95. The molecule has 0 bridgehead atoms. The van der Waals surface area contributed by atoms with Crippen LogP contribution in [0.4, 0.5) is 0 Å². The predicted octanol–water partition coefficient (Wildman–Crippen LogP) is 4.83. The maximum Gasteiger partial charge on any atom is 0.0362 e. The van der Waals surface area contributed by atoms with Gasteiger partial charge in [-0.2, -0.15) is 0 Å². The molecule has 0 saturated heterocycles. The number of aromatic nitrogens is 1. The second-order valence-corrected chi connectivity index (χ2v) is 6.28. The summed E-state index contributed by atoms with van der Waals surface area (Å²) in [5.41, 5.74) is 4.31. The first-order valence-electron chi connectivity index (χ1n) is 8.77. The van der Waals surface area contributed by atoms with Crippen molar-refractivity contribution in [3.63, 3.8) is 0 Å². The molecule has 0 N–H and O–H groups in total. The van der Waals surface area contributed by atoms with Crippen molar-refractivity contribution in [2.75, 3.05) is 13.1 Å². The van der Waals surface area contributed by atoms with Gasteiger partial charge in [0.2, 0.25) is 0 Å². The molecular formula is C21H26N2. The SMILES string of the molecule is C1=CCC(C2=CCN(CCCCCc3ccncc3)C=C2)=CC1. The maximum atomic E-state index is 4.06. The van der Waals surface area contributed by atoms with Crippen molar-refractivity contribution < 1.29 is 0 Å². The van der Waals surface area contributed by atoms with Gasteiger partial charge in [0.25, 0.3) is 0 Å². The van der Waals surface area contributed by atoms with Crippen LogP contribution in [0.5, 0.6) is 0 Å². The van der Waals surface area contributed by atoms with Crippen LogP contribution in [0.1, 0.15) is 37.7 Å². The van der Waals surface area contributed by atoms with Gasteiger partial charge in [-0.05, 0) is 73.2 Å². The van der Waals surface area contributed by atoms with Crippen molar-refractivity contribution in [2.24, 2.45) is 0 Å². The minimum atomic E-state index is 1.05. The zero-order chi connectivity index (χ0) is 15.7. The van der Waals surface area contributed by atoms with Gasteiger partial charge in [0.05, 0.1) is 0 Å². The van der Waals surface area contributed by atoms with Crippen molar-refractivity contribution >= 4 is 0 Å². The van der Waals surface area contributed by atoms with Crippen LogP contribution in [0.15, 0.2) is 72.3 Å². The largest absolute Gasteiger partial charge is 0.374 e. The van der Waals surface area contributed by atoms with Crippen molar-refractivity contribution in [1.29, 1.82) is 0 Å². The molecular weight excluding hydrogens is 280 g/mol. The molecule has 1 aliphatic carbocycles. The number of allylic oxidation sites excluding steroid dienone is 6. The van der Waals surface area contributed by atoms with E-state index in [1.165, 1.54) is 42.4 Å². The van der Waals surface area contributed by atoms with Gasteiger partial charge in [-0.1, -0.05) is 30.7 Å². The average molecular weight is 306 g/mol. The zero-order valence-electron chi connectivity index (χ0n) is 13.8. The fourth-order valence-electron chi connectivity index (χ4n) is 3.14. The van der Waals surface area contributed by atoms with E-state index in [1.54, 1.807) is 0 Å². The summed E-state index contributed by atoms with van der Waals surface area (Å²) < 4.78 is 0. The highest BCUT2D eigenvalue weighted by molar-refractivity contribution is 5.43. The Hall–Kier alpha value is -2.09. The fraction of sp³-hybridized carbons (Fsp3) is 0.381. The summed E-state index contributed by atoms with van der Waals surface area (Å²) in [6, 6.07) is 4.24. The summed E-state index contributed by atoms with van der Waals surface area (Å²) >= 11 is 0. The third-order valence-corrected chi connectivity index (χ3v) is 4.55. The Morgan fingerprint density at radius 2 is 1.91 bits per heavy atom. The van der Waals surface area contributed by atoms with Gasteiger partial charge < -0.3 is 4.90 Å². The van der Waals surface area contributed by atoms with E-state index in [2.05, 4.69) is 58.6 Å². The molecule has 0 saturated carbocycles. The predicted molar refractivity (Wildman–Crippen MR) is 97.0 cm³/mol. The molecule has 0 atom stereocenters. The van der Waals surface area contributed by atoms with Gasteiger partial charge in [-0.15, -0.1) is 0 Å². The Morgan fingerprint density at radius 1 is 1.00 bits per heavy atom. The first kappa shape index (κ1) is 15.8. The van der Waals surface area contributed by atoms with E-state index in [9.17, 15) is 0 Å². The zero-order valence-corrected chi connectivity index (χ0v) is 13.8. The van der Waals surface area contributed by atoms with Crippen LogP contribution in [-0.2, 0) is 6.42 Å². The third-order valence-electron chi connectivity index (χ3n) is 4.55. The van der Waals surface area contributed by atoms with Crippen molar-refractivity contribution in [1.82, 2.24) is 9.88 Å². The highest BCUT2D eigenvalue weighted by atomic mass is 15.1. The molecule has 0 aromatic carbocycles. The number of hydrogen-bond donors (Lipinski definition) is 0. The van der Waals surface area contributed by atoms with Crippen LogP contribution in [0.2, 0.25) is 0 Å². The Labute approximate surface area is 139 Å². The van der Waals surface area contributed by atoms with Crippen LogP contribution in [-0.4, -0.2) is 23.0 Å². The number of unbranched alkanes of at least 4 members (excludes halogenated alkanes) is 2. The van der Waals surface area contributed by atoms with E-state index in [0.29, 0.717) is 0 Å². The molecule has 0 spiro atoms. The van der Waals surface area contributed by atoms with Gasteiger partial charge in [0.1, 0.15) is 0 Å². The molecule has 0 unspecified atom stereocenters. The molecule has 1 aromatic rings. The molecule has 2 heterocycles. The molecule has 120 valence electrons. The van der Waals surface area contributed by atoms with E-state index < -0.39 is 0 Å². The topological polar surface area (TPSA) is 16.1 Å². The lowest BCUT2D eigenvalue weighted by Crippen LogP contribution is -2.21. The van der Waals surface area contributed by atoms with Gasteiger partial charge >= 0.3 is 0 Å². The van der Waals surface area contributed by atoms with Crippen LogP contribution < -0.4 is 0 Å². The average Bonchev–Trinajstić information content (AvgIpc) is 2.64. The number of pyridine rings is 1. The fourth-order valence-corrected chi connectivity index (χ4v) is 3.14. The number of hydrogen-bond acceptors (Lipinski definition) is 2. The van der Waals surface area contributed by atoms with Crippen molar-refractivity contribution in [2.45, 2.75) is 38.5 Å². The summed E-state index contributed by atoms with van der Waals surface area (Å²) in [5, 5.41) is 0. The summed E-state index contributed by atoms with van der Waals surface area (Å²) in [4.78, 5) is 6.49. The Bertz CT molecular complexity index is 608. The lowest BCUT2D eigenvalue weighted by atomic mass is 9.96. The normalized spacial score (nSPS) is 17.1. The van der Waals surface area contributed by atoms with Gasteiger partial charge in [0.15, 0.2) is 0 Å². The molecule has 2 aliphatic rings. The van der Waals surface area contributed by atoms with Gasteiger partial charge in [-0.25, -0.2) is 0 Å². The number of nitrogens with zero attached hydrogens (tertiary/aromatic N) is 2. The van der Waals surface area contributed by atoms with Crippen molar-refractivity contribution in [3.8, 4) is 0 Å². The van der Waals surface area contributed by atoms with E-state index in [4.69, 9.17) is 0 Å². The molecule has 1 aromatic heterocycles. The van der Waals surface area contributed by atoms with Gasteiger partial charge in [0, 0.05) is 25.5 Å². The lowest BCUT2D eigenvalue weighted by molar-refractivity contribution is 0.393. The Kier molecular flexibility index (Phi) is 5.85. The highest BCUT2D eigenvalue weighted by Gasteiger charge is 2.08. The molecule has 0 radical (unpaired) electrons. The number of aryl methyl sites for hydroxylation is 1. The molecule has 0 amide bonds. The van der Waals surface area contributed by atoms with Crippen LogP contribution >= 0.6 is 0 Å². The highest BCUT2D eigenvalue weighted by Crippen LogP contribution is 2.23. The smallest absolute Gasteiger partial charge is 0.0362 e. The minimum absolute atomic E-state index is 1.05. The van der Waals surface area contributed by atoms with Crippen molar-refractivity contribution in [3.05, 3.63) is 77.8 Å². The van der Waals surface area contributed by atoms with Crippen LogP contribution in [0.25, 0.3) is 0 Å². The summed E-state index contributed by atoms with van der Waals surface area (Å²) in [5.74, 6) is 0. The standard InChI is InChI=1S/C21H26N2/c1-4-8-20(9-5-1)21-12-17-23(18-13-21)16-6-2-3-7-19-10-14-22-15-11-19/h1,4,9-15,17H,2-3,5-8,16,18H2. The van der Waals surface area contributed by atoms with E-state index in [0.717, 1.165) is 25.9 Å². The van der Waals surface area contributed by atoms with E-state index in [-0.39, 0.29) is 0 Å². The van der Waals surface area contributed by atoms with E-state index >= 15 is 0 Å². The number of rotatable bonds is 7. The Balaban J connectivity index is 1.33. The summed E-state index contributed by atoms with van der Waals surface area (Å²) in [7, 11) is 0. The molecule has 2 heteroatoms.